The molecule has 0 saturated carbocycles. The molecular formula is C13H12FNO4. The summed E-state index contributed by atoms with van der Waals surface area (Å²) in [6.07, 6.45) is -1.25. The van der Waals surface area contributed by atoms with E-state index in [0.29, 0.717) is 16.9 Å². The SMILES string of the molecule is COc1cccc(C(C)F)c1-c1cc(C(=O)O)no1. The monoisotopic (exact) mass is 265 g/mol. The minimum atomic E-state index is -1.25. The summed E-state index contributed by atoms with van der Waals surface area (Å²) < 4.78 is 23.8. The van der Waals surface area contributed by atoms with E-state index in [1.54, 1.807) is 18.2 Å². The Kier molecular flexibility index (Phi) is 3.50. The van der Waals surface area contributed by atoms with Crippen LogP contribution in [0.15, 0.2) is 28.8 Å². The Morgan fingerprint density at radius 1 is 1.53 bits per heavy atom. The molecular weight excluding hydrogens is 253 g/mol. The van der Waals surface area contributed by atoms with E-state index in [1.807, 2.05) is 0 Å². The molecule has 1 aromatic carbocycles. The average molecular weight is 265 g/mol. The zero-order valence-electron chi connectivity index (χ0n) is 10.4. The van der Waals surface area contributed by atoms with Crippen molar-refractivity contribution in [2.45, 2.75) is 13.1 Å². The van der Waals surface area contributed by atoms with Crippen molar-refractivity contribution in [1.29, 1.82) is 0 Å². The second-order valence-corrected chi connectivity index (χ2v) is 3.92. The molecule has 0 bridgehead atoms. The number of aromatic nitrogens is 1. The van der Waals surface area contributed by atoms with Crippen LogP contribution in [0.2, 0.25) is 0 Å². The van der Waals surface area contributed by atoms with Crippen molar-refractivity contribution in [3.63, 3.8) is 0 Å². The van der Waals surface area contributed by atoms with E-state index in [0.717, 1.165) is 0 Å². The van der Waals surface area contributed by atoms with Gasteiger partial charge in [-0.15, -0.1) is 0 Å². The Morgan fingerprint density at radius 2 is 2.26 bits per heavy atom. The molecule has 2 aromatic rings. The van der Waals surface area contributed by atoms with Crippen molar-refractivity contribution in [3.05, 3.63) is 35.5 Å². The van der Waals surface area contributed by atoms with Crippen LogP contribution in [0.4, 0.5) is 4.39 Å². The van der Waals surface area contributed by atoms with Crippen molar-refractivity contribution in [3.8, 4) is 17.1 Å². The third-order valence-corrected chi connectivity index (χ3v) is 2.68. The lowest BCUT2D eigenvalue weighted by Gasteiger charge is -2.12. The average Bonchev–Trinajstić information content (AvgIpc) is 2.87. The summed E-state index contributed by atoms with van der Waals surface area (Å²) in [6.45, 7) is 1.38. The van der Waals surface area contributed by atoms with Gasteiger partial charge in [-0.05, 0) is 13.0 Å². The molecule has 100 valence electrons. The first-order valence-corrected chi connectivity index (χ1v) is 5.56. The fourth-order valence-corrected chi connectivity index (χ4v) is 1.81. The van der Waals surface area contributed by atoms with Crippen LogP contribution in [-0.4, -0.2) is 23.3 Å². The summed E-state index contributed by atoms with van der Waals surface area (Å²) in [4.78, 5) is 10.8. The van der Waals surface area contributed by atoms with Crippen molar-refractivity contribution >= 4 is 5.97 Å². The van der Waals surface area contributed by atoms with Crippen molar-refractivity contribution in [2.75, 3.05) is 7.11 Å². The van der Waals surface area contributed by atoms with Crippen LogP contribution < -0.4 is 4.74 Å². The van der Waals surface area contributed by atoms with Gasteiger partial charge in [0.25, 0.3) is 0 Å². The van der Waals surface area contributed by atoms with E-state index in [1.165, 1.54) is 20.1 Å². The Bertz CT molecular complexity index is 606. The number of carbonyl (C=O) groups is 1. The molecule has 0 fully saturated rings. The second-order valence-electron chi connectivity index (χ2n) is 3.92. The van der Waals surface area contributed by atoms with E-state index in [4.69, 9.17) is 14.4 Å². The lowest BCUT2D eigenvalue weighted by Crippen LogP contribution is -1.96. The van der Waals surface area contributed by atoms with Crippen LogP contribution in [0.25, 0.3) is 11.3 Å². The standard InChI is InChI=1S/C13H12FNO4/c1-7(14)8-4-3-5-10(18-2)12(8)11-6-9(13(16)17)15-19-11/h3-7H,1-2H3,(H,16,17). The number of carboxylic acid groups (broad SMARTS) is 1. The fraction of sp³-hybridized carbons (Fsp3) is 0.231. The van der Waals surface area contributed by atoms with Gasteiger partial charge in [-0.25, -0.2) is 9.18 Å². The number of methoxy groups -OCH3 is 1. The molecule has 0 amide bonds. The first kappa shape index (κ1) is 13.1. The Hall–Kier alpha value is -2.37. The number of aromatic carboxylic acids is 1. The van der Waals surface area contributed by atoms with Gasteiger partial charge in [-0.2, -0.15) is 0 Å². The molecule has 1 heterocycles. The van der Waals surface area contributed by atoms with Crippen LogP contribution in [0, 0.1) is 0 Å². The lowest BCUT2D eigenvalue weighted by atomic mass is 10.0. The van der Waals surface area contributed by atoms with Gasteiger partial charge >= 0.3 is 5.97 Å². The highest BCUT2D eigenvalue weighted by atomic mass is 19.1. The van der Waals surface area contributed by atoms with Crippen molar-refractivity contribution in [1.82, 2.24) is 5.16 Å². The lowest BCUT2D eigenvalue weighted by molar-refractivity contribution is 0.0686. The number of hydrogen-bond donors (Lipinski definition) is 1. The van der Waals surface area contributed by atoms with E-state index in [9.17, 15) is 9.18 Å². The minimum Gasteiger partial charge on any atom is -0.496 e. The van der Waals surface area contributed by atoms with Crippen molar-refractivity contribution in [2.24, 2.45) is 0 Å². The summed E-state index contributed by atoms with van der Waals surface area (Å²) in [5, 5.41) is 12.2. The molecule has 0 aliphatic heterocycles. The molecule has 1 atom stereocenters. The number of rotatable bonds is 4. The summed E-state index contributed by atoms with van der Waals surface area (Å²) >= 11 is 0. The van der Waals surface area contributed by atoms with E-state index < -0.39 is 12.1 Å². The highest BCUT2D eigenvalue weighted by Crippen LogP contribution is 2.37. The number of alkyl halides is 1. The summed E-state index contributed by atoms with van der Waals surface area (Å²) in [5.41, 5.74) is 0.491. The number of carboxylic acids is 1. The molecule has 5 nitrogen and oxygen atoms in total. The van der Waals surface area contributed by atoms with Gasteiger partial charge in [-0.3, -0.25) is 0 Å². The van der Waals surface area contributed by atoms with Gasteiger partial charge in [0.1, 0.15) is 11.9 Å². The number of benzene rings is 1. The predicted octanol–water partition coefficient (Wildman–Crippen LogP) is 3.08. The third-order valence-electron chi connectivity index (χ3n) is 2.68. The summed E-state index contributed by atoms with van der Waals surface area (Å²) in [5.74, 6) is -0.649. The smallest absolute Gasteiger partial charge is 0.358 e. The molecule has 0 aliphatic rings. The van der Waals surface area contributed by atoms with Crippen LogP contribution in [0.5, 0.6) is 5.75 Å². The first-order chi connectivity index (χ1) is 9.04. The minimum absolute atomic E-state index is 0.161. The van der Waals surface area contributed by atoms with Crippen LogP contribution in [0.1, 0.15) is 29.1 Å². The highest BCUT2D eigenvalue weighted by Gasteiger charge is 2.21. The molecule has 1 N–H and O–H groups in total. The number of halogens is 1. The Labute approximate surface area is 108 Å². The first-order valence-electron chi connectivity index (χ1n) is 5.56. The van der Waals surface area contributed by atoms with Gasteiger partial charge in [0.05, 0.1) is 12.7 Å². The van der Waals surface area contributed by atoms with Crippen molar-refractivity contribution < 1.29 is 23.6 Å². The molecule has 1 aromatic heterocycles. The highest BCUT2D eigenvalue weighted by molar-refractivity contribution is 5.87. The number of nitrogens with zero attached hydrogens (tertiary/aromatic N) is 1. The van der Waals surface area contributed by atoms with Gasteiger partial charge in [0.15, 0.2) is 11.5 Å². The molecule has 1 unspecified atom stereocenters. The maximum atomic E-state index is 13.6. The molecule has 0 radical (unpaired) electrons. The van der Waals surface area contributed by atoms with E-state index >= 15 is 0 Å². The maximum absolute atomic E-state index is 13.6. The third kappa shape index (κ3) is 2.42. The molecule has 0 spiro atoms. The molecule has 6 heteroatoms. The number of ether oxygens (including phenoxy) is 1. The van der Waals surface area contributed by atoms with Gasteiger partial charge in [-0.1, -0.05) is 17.3 Å². The quantitative estimate of drug-likeness (QED) is 0.919. The zero-order valence-corrected chi connectivity index (χ0v) is 10.4. The van der Waals surface area contributed by atoms with Crippen LogP contribution in [0.3, 0.4) is 0 Å². The second kappa shape index (κ2) is 5.09. The van der Waals surface area contributed by atoms with Crippen LogP contribution >= 0.6 is 0 Å². The Morgan fingerprint density at radius 3 is 2.79 bits per heavy atom. The Balaban J connectivity index is 2.61. The van der Waals surface area contributed by atoms with E-state index in [2.05, 4.69) is 5.16 Å². The topological polar surface area (TPSA) is 72.6 Å². The molecule has 2 rings (SSSR count). The molecule has 0 saturated heterocycles. The molecule has 19 heavy (non-hydrogen) atoms. The van der Waals surface area contributed by atoms with Crippen LogP contribution in [-0.2, 0) is 0 Å². The van der Waals surface area contributed by atoms with E-state index in [-0.39, 0.29) is 11.5 Å². The predicted molar refractivity (Wildman–Crippen MR) is 65.0 cm³/mol. The van der Waals surface area contributed by atoms with Gasteiger partial charge in [0, 0.05) is 11.6 Å². The maximum Gasteiger partial charge on any atom is 0.358 e. The summed E-state index contributed by atoms with van der Waals surface area (Å²) in [6, 6.07) is 6.13. The molecule has 0 aliphatic carbocycles. The normalized spacial score (nSPS) is 12.2. The van der Waals surface area contributed by atoms with Gasteiger partial charge in [0.2, 0.25) is 0 Å². The summed E-state index contributed by atoms with van der Waals surface area (Å²) in [7, 11) is 1.44. The zero-order chi connectivity index (χ0) is 14.0. The van der Waals surface area contributed by atoms with Gasteiger partial charge < -0.3 is 14.4 Å². The fourth-order valence-electron chi connectivity index (χ4n) is 1.81. The largest absolute Gasteiger partial charge is 0.496 e. The number of hydrogen-bond acceptors (Lipinski definition) is 4.